The number of hydrogen-bond donors (Lipinski definition) is 0. The molecule has 0 amide bonds. The van der Waals surface area contributed by atoms with Gasteiger partial charge in [0.05, 0.1) is 31.5 Å². The molecule has 0 N–H and O–H groups in total. The Morgan fingerprint density at radius 1 is 0.915 bits per heavy atom. The molecular weight excluding hydrogens is 667 g/mol. The molecule has 0 unspecified atom stereocenters. The molecule has 0 saturated carbocycles. The molecule has 0 spiro atoms. The van der Waals surface area contributed by atoms with Crippen LogP contribution in [0.25, 0.3) is 33.0 Å². The van der Waals surface area contributed by atoms with Gasteiger partial charge in [-0.05, 0) is 36.3 Å². The number of rotatable bonds is 11. The average Bonchev–Trinajstić information content (AvgIpc) is 3.71. The second-order valence-electron chi connectivity index (χ2n) is 10.8. The number of aryl methyl sites for hydroxylation is 1. The molecule has 0 fully saturated rings. The Hall–Kier alpha value is -4.00. The number of allylic oxidation sites excluding steroid dienone is 2. The molecule has 0 radical (unpaired) electrons. The minimum Gasteiger partial charge on any atom is -0.748 e. The van der Waals surface area contributed by atoms with Crippen molar-refractivity contribution < 1.29 is 17.5 Å². The highest BCUT2D eigenvalue weighted by Crippen LogP contribution is 2.50. The summed E-state index contributed by atoms with van der Waals surface area (Å²) >= 11 is 4.67. The molecule has 3 heterocycles. The van der Waals surface area contributed by atoms with E-state index in [1.165, 1.54) is 16.2 Å². The zero-order valence-electron chi connectivity index (χ0n) is 25.7. The van der Waals surface area contributed by atoms with Crippen LogP contribution in [0.4, 0.5) is 0 Å². The summed E-state index contributed by atoms with van der Waals surface area (Å²) in [6, 6.07) is 28.6. The van der Waals surface area contributed by atoms with Gasteiger partial charge in [0.1, 0.15) is 9.36 Å². The average molecular weight is 700 g/mol. The lowest BCUT2D eigenvalue weighted by Gasteiger charge is -2.21. The van der Waals surface area contributed by atoms with Gasteiger partial charge in [0.2, 0.25) is 5.52 Å². The summed E-state index contributed by atoms with van der Waals surface area (Å²) in [6.07, 6.45) is 7.82. The number of thioether (sulfide) groups is 1. The van der Waals surface area contributed by atoms with Gasteiger partial charge in [0.15, 0.2) is 6.54 Å². The van der Waals surface area contributed by atoms with Crippen LogP contribution in [0.5, 0.6) is 0 Å². The maximum Gasteiger partial charge on any atom is 0.269 e. The molecule has 0 bridgehead atoms. The van der Waals surface area contributed by atoms with Crippen molar-refractivity contribution in [1.82, 2.24) is 9.47 Å². The van der Waals surface area contributed by atoms with E-state index in [1.807, 2.05) is 71.3 Å². The predicted molar refractivity (Wildman–Crippen MR) is 195 cm³/mol. The fraction of sp³-hybridized carbons (Fsp3) is 0.167. The largest absolute Gasteiger partial charge is 0.748 e. The molecule has 5 aromatic rings. The molecular formula is C36H33N3O4S4. The Labute approximate surface area is 286 Å². The van der Waals surface area contributed by atoms with Gasteiger partial charge in [-0.25, -0.2) is 8.42 Å². The number of nitrogens with zero attached hydrogens (tertiary/aromatic N) is 3. The molecule has 3 aromatic carbocycles. The number of aromatic nitrogens is 2. The number of fused-ring (bicyclic) bond motifs is 1. The highest BCUT2D eigenvalue weighted by Gasteiger charge is 2.28. The minimum atomic E-state index is -4.32. The van der Waals surface area contributed by atoms with Crippen LogP contribution in [0.2, 0.25) is 0 Å². The van der Waals surface area contributed by atoms with E-state index in [0.29, 0.717) is 17.6 Å². The third-order valence-electron chi connectivity index (χ3n) is 7.64. The molecule has 47 heavy (non-hydrogen) atoms. The lowest BCUT2D eigenvalue weighted by atomic mass is 10.1. The zero-order valence-corrected chi connectivity index (χ0v) is 29.0. The molecule has 2 aromatic heterocycles. The molecule has 0 aliphatic carbocycles. The summed E-state index contributed by atoms with van der Waals surface area (Å²) in [5.74, 6) is -0.433. The third-order valence-corrected chi connectivity index (χ3v) is 11.8. The SMILES string of the molecule is C=CCn1c(=Cc2sc3ccccc3[n+]2CCCS(=O)(=O)[O-])s/c(=C/C=C2\SC(c3ccccc3)=C(c3ccccc3)N2CC)c1=O. The van der Waals surface area contributed by atoms with Crippen molar-refractivity contribution in [3.05, 3.63) is 144 Å². The monoisotopic (exact) mass is 699 g/mol. The minimum absolute atomic E-state index is 0.103. The van der Waals surface area contributed by atoms with Crippen molar-refractivity contribution >= 4 is 77.5 Å². The summed E-state index contributed by atoms with van der Waals surface area (Å²) in [7, 11) is -4.32. The molecule has 6 rings (SSSR count). The van der Waals surface area contributed by atoms with E-state index in [-0.39, 0.29) is 12.0 Å². The maximum absolute atomic E-state index is 13.7. The fourth-order valence-corrected chi connectivity index (χ4v) is 9.48. The van der Waals surface area contributed by atoms with Crippen molar-refractivity contribution in [3.8, 4) is 0 Å². The van der Waals surface area contributed by atoms with Crippen LogP contribution in [-0.2, 0) is 23.2 Å². The fourth-order valence-electron chi connectivity index (χ4n) is 5.55. The zero-order chi connectivity index (χ0) is 33.0. The first kappa shape index (κ1) is 32.9. The van der Waals surface area contributed by atoms with Crippen molar-refractivity contribution in [1.29, 1.82) is 0 Å². The van der Waals surface area contributed by atoms with E-state index in [1.54, 1.807) is 33.7 Å². The summed E-state index contributed by atoms with van der Waals surface area (Å²) in [6.45, 7) is 7.48. The van der Waals surface area contributed by atoms with Crippen molar-refractivity contribution in [3.63, 3.8) is 0 Å². The van der Waals surface area contributed by atoms with Crippen LogP contribution in [0, 0.1) is 0 Å². The lowest BCUT2D eigenvalue weighted by molar-refractivity contribution is -0.668. The Balaban J connectivity index is 1.43. The Morgan fingerprint density at radius 3 is 2.28 bits per heavy atom. The van der Waals surface area contributed by atoms with Gasteiger partial charge in [0, 0.05) is 36.2 Å². The summed E-state index contributed by atoms with van der Waals surface area (Å²) < 4.78 is 40.0. The van der Waals surface area contributed by atoms with Gasteiger partial charge < -0.3 is 9.45 Å². The van der Waals surface area contributed by atoms with E-state index in [9.17, 15) is 17.8 Å². The van der Waals surface area contributed by atoms with Gasteiger partial charge in [-0.2, -0.15) is 4.57 Å². The summed E-state index contributed by atoms with van der Waals surface area (Å²) in [5.41, 5.74) is 4.27. The van der Waals surface area contributed by atoms with Gasteiger partial charge in [0.25, 0.3) is 10.6 Å². The van der Waals surface area contributed by atoms with Crippen molar-refractivity contribution in [2.75, 3.05) is 12.3 Å². The number of thiazole rings is 2. The highest BCUT2D eigenvalue weighted by molar-refractivity contribution is 8.12. The Kier molecular flexibility index (Phi) is 10.1. The van der Waals surface area contributed by atoms with Gasteiger partial charge in [-0.1, -0.05) is 102 Å². The second-order valence-corrected chi connectivity index (χ2v) is 15.4. The quantitative estimate of drug-likeness (QED) is 0.102. The molecule has 0 saturated heterocycles. The summed E-state index contributed by atoms with van der Waals surface area (Å²) in [4.78, 5) is 17.2. The highest BCUT2D eigenvalue weighted by atomic mass is 32.2. The number of para-hydroxylation sites is 1. The van der Waals surface area contributed by atoms with Crippen LogP contribution in [0.1, 0.15) is 29.5 Å². The normalized spacial score (nSPS) is 15.4. The molecule has 11 heteroatoms. The lowest BCUT2D eigenvalue weighted by Crippen LogP contribution is -2.37. The van der Waals surface area contributed by atoms with E-state index in [2.05, 4.69) is 54.8 Å². The van der Waals surface area contributed by atoms with Crippen LogP contribution >= 0.6 is 34.4 Å². The first-order chi connectivity index (χ1) is 22.8. The molecule has 0 atom stereocenters. The van der Waals surface area contributed by atoms with E-state index in [4.69, 9.17) is 0 Å². The number of benzene rings is 3. The first-order valence-electron chi connectivity index (χ1n) is 15.2. The topological polar surface area (TPSA) is 86.3 Å². The second kappa shape index (κ2) is 14.4. The predicted octanol–water partition coefficient (Wildman–Crippen LogP) is 5.58. The summed E-state index contributed by atoms with van der Waals surface area (Å²) in [5, 5.41) is 1.90. The van der Waals surface area contributed by atoms with Crippen LogP contribution in [-0.4, -0.2) is 34.7 Å². The third kappa shape index (κ3) is 7.29. The Bertz CT molecular complexity index is 2280. The Morgan fingerprint density at radius 2 is 1.60 bits per heavy atom. The number of hydrogen-bond acceptors (Lipinski definition) is 8. The van der Waals surface area contributed by atoms with Crippen molar-refractivity contribution in [2.24, 2.45) is 0 Å². The molecule has 240 valence electrons. The first-order valence-corrected chi connectivity index (χ1v) is 19.2. The van der Waals surface area contributed by atoms with E-state index in [0.717, 1.165) is 48.3 Å². The van der Waals surface area contributed by atoms with Gasteiger partial charge in [-0.3, -0.25) is 9.36 Å². The molecule has 1 aliphatic heterocycles. The van der Waals surface area contributed by atoms with Crippen LogP contribution in [0.15, 0.2) is 113 Å². The smallest absolute Gasteiger partial charge is 0.269 e. The van der Waals surface area contributed by atoms with Crippen LogP contribution < -0.4 is 19.3 Å². The van der Waals surface area contributed by atoms with Gasteiger partial charge in [-0.15, -0.1) is 17.9 Å². The molecule has 7 nitrogen and oxygen atoms in total. The maximum atomic E-state index is 13.7. The van der Waals surface area contributed by atoms with E-state index < -0.39 is 15.9 Å². The van der Waals surface area contributed by atoms with Crippen molar-refractivity contribution in [2.45, 2.75) is 26.4 Å². The van der Waals surface area contributed by atoms with Crippen LogP contribution in [0.3, 0.4) is 0 Å². The van der Waals surface area contributed by atoms with Gasteiger partial charge >= 0.3 is 0 Å². The van der Waals surface area contributed by atoms with E-state index >= 15 is 0 Å². The molecule has 1 aliphatic rings. The standard InChI is InChI=1S/C36H33N3O4S4/c1-3-22-39-33(25-32-38(23-13-24-47(41,42)43)28-18-11-12-19-29(28)44-32)45-30(36(39)40)20-21-31-37(4-2)34(26-14-7-5-8-15-26)35(46-31)27-16-9-6-10-17-27/h3,5-12,14-21,25H,1,4,13,22-24H2,2H3/b30-20+,31-21-.